The van der Waals surface area contributed by atoms with Gasteiger partial charge in [0.05, 0.1) is 16.2 Å². The van der Waals surface area contributed by atoms with Crippen LogP contribution in [0.2, 0.25) is 0 Å². The minimum absolute atomic E-state index is 0.00474. The molecule has 1 heterocycles. The quantitative estimate of drug-likeness (QED) is 0.669. The molecule has 0 bridgehead atoms. The lowest BCUT2D eigenvalue weighted by atomic mass is 9.94. The fraction of sp³-hybridized carbons (Fsp3) is 0.333. The lowest BCUT2D eigenvalue weighted by Gasteiger charge is -2.14. The number of oxime groups is 1. The summed E-state index contributed by atoms with van der Waals surface area (Å²) in [4.78, 5) is 13.6. The maximum Gasteiger partial charge on any atom is 0.252 e. The number of nitrogens with one attached hydrogen (secondary N) is 1. The van der Waals surface area contributed by atoms with Gasteiger partial charge in [-0.15, -0.1) is 11.3 Å². The van der Waals surface area contributed by atoms with Gasteiger partial charge in [-0.25, -0.2) is 0 Å². The summed E-state index contributed by atoms with van der Waals surface area (Å²) in [5.41, 5.74) is 3.80. The van der Waals surface area contributed by atoms with Gasteiger partial charge in [-0.2, -0.15) is 0 Å². The summed E-state index contributed by atoms with van der Waals surface area (Å²) < 4.78 is 0. The highest BCUT2D eigenvalue weighted by Gasteiger charge is 2.40. The van der Waals surface area contributed by atoms with E-state index in [0.717, 1.165) is 41.7 Å². The van der Waals surface area contributed by atoms with Crippen LogP contribution >= 0.6 is 11.3 Å². The molecule has 118 valence electrons. The van der Waals surface area contributed by atoms with Crippen molar-refractivity contribution in [3.8, 4) is 0 Å². The largest absolute Gasteiger partial charge is 0.411 e. The third-order valence-electron chi connectivity index (χ3n) is 4.70. The van der Waals surface area contributed by atoms with E-state index in [1.54, 1.807) is 0 Å². The maximum absolute atomic E-state index is 12.6. The molecular weight excluding hydrogens is 308 g/mol. The summed E-state index contributed by atoms with van der Waals surface area (Å²) >= 11 is 1.51. The van der Waals surface area contributed by atoms with Gasteiger partial charge >= 0.3 is 0 Å². The molecule has 2 aromatic rings. The second-order valence-corrected chi connectivity index (χ2v) is 7.07. The average molecular weight is 326 g/mol. The summed E-state index contributed by atoms with van der Waals surface area (Å²) in [5, 5.41) is 17.5. The molecule has 1 saturated carbocycles. The van der Waals surface area contributed by atoms with Crippen molar-refractivity contribution in [2.45, 2.75) is 37.6 Å². The molecule has 2 N–H and O–H groups in total. The molecular formula is C18H18N2O2S. The molecule has 1 fully saturated rings. The Morgan fingerprint density at radius 2 is 2.09 bits per heavy atom. The number of amides is 1. The van der Waals surface area contributed by atoms with Gasteiger partial charge in [-0.05, 0) is 36.8 Å². The molecule has 4 nitrogen and oxygen atoms in total. The zero-order valence-corrected chi connectivity index (χ0v) is 13.5. The number of benzene rings is 1. The lowest BCUT2D eigenvalue weighted by molar-refractivity contribution is 0.0950. The summed E-state index contributed by atoms with van der Waals surface area (Å²) in [6.07, 6.45) is 3.60. The summed E-state index contributed by atoms with van der Waals surface area (Å²) in [6, 6.07) is 10.6. The molecule has 2 atom stereocenters. The SMILES string of the molecule is O=C(NC1CC1c1ccccc1)c1csc2c1CCCC2=NO. The Morgan fingerprint density at radius 1 is 1.26 bits per heavy atom. The number of thiophene rings is 1. The number of carbonyl (C=O) groups is 1. The van der Waals surface area contributed by atoms with Crippen LogP contribution < -0.4 is 5.32 Å². The Bertz CT molecular complexity index is 767. The third-order valence-corrected chi connectivity index (χ3v) is 5.77. The predicted octanol–water partition coefficient (Wildman–Crippen LogP) is 3.55. The van der Waals surface area contributed by atoms with Gasteiger partial charge in [-0.1, -0.05) is 35.5 Å². The molecule has 0 spiro atoms. The van der Waals surface area contributed by atoms with E-state index >= 15 is 0 Å². The van der Waals surface area contributed by atoms with Crippen molar-refractivity contribution in [3.63, 3.8) is 0 Å². The number of carbonyl (C=O) groups excluding carboxylic acids is 1. The highest BCUT2D eigenvalue weighted by atomic mass is 32.1. The Balaban J connectivity index is 1.48. The van der Waals surface area contributed by atoms with Crippen LogP contribution in [0.25, 0.3) is 0 Å². The van der Waals surface area contributed by atoms with E-state index in [2.05, 4.69) is 22.6 Å². The van der Waals surface area contributed by atoms with Crippen LogP contribution in [-0.2, 0) is 6.42 Å². The number of nitrogens with zero attached hydrogens (tertiary/aromatic N) is 1. The Morgan fingerprint density at radius 3 is 2.87 bits per heavy atom. The highest BCUT2D eigenvalue weighted by molar-refractivity contribution is 7.12. The van der Waals surface area contributed by atoms with Crippen LogP contribution in [0, 0.1) is 0 Å². The summed E-state index contributed by atoms with van der Waals surface area (Å²) in [6.45, 7) is 0. The Kier molecular flexibility index (Phi) is 3.65. The smallest absolute Gasteiger partial charge is 0.252 e. The van der Waals surface area contributed by atoms with E-state index in [-0.39, 0.29) is 11.9 Å². The molecule has 2 unspecified atom stereocenters. The molecule has 0 radical (unpaired) electrons. The summed E-state index contributed by atoms with van der Waals surface area (Å²) in [5.74, 6) is 0.439. The van der Waals surface area contributed by atoms with Crippen molar-refractivity contribution in [2.24, 2.45) is 5.16 Å². The zero-order chi connectivity index (χ0) is 15.8. The van der Waals surface area contributed by atoms with Crippen LogP contribution in [0.5, 0.6) is 0 Å². The van der Waals surface area contributed by atoms with Crippen molar-refractivity contribution in [1.82, 2.24) is 5.32 Å². The monoisotopic (exact) mass is 326 g/mol. The molecule has 1 amide bonds. The first-order valence-corrected chi connectivity index (χ1v) is 8.83. The van der Waals surface area contributed by atoms with Gasteiger partial charge in [0, 0.05) is 17.3 Å². The number of hydrogen-bond acceptors (Lipinski definition) is 4. The van der Waals surface area contributed by atoms with Crippen molar-refractivity contribution < 1.29 is 10.0 Å². The highest BCUT2D eigenvalue weighted by Crippen LogP contribution is 2.41. The normalized spacial score (nSPS) is 24.3. The molecule has 4 rings (SSSR count). The molecule has 1 aromatic carbocycles. The van der Waals surface area contributed by atoms with Crippen LogP contribution in [0.3, 0.4) is 0 Å². The molecule has 2 aliphatic carbocycles. The lowest BCUT2D eigenvalue weighted by Crippen LogP contribution is -2.27. The minimum atomic E-state index is 0.00474. The first-order valence-electron chi connectivity index (χ1n) is 7.95. The second kappa shape index (κ2) is 5.81. The van der Waals surface area contributed by atoms with Gasteiger partial charge < -0.3 is 10.5 Å². The molecule has 23 heavy (non-hydrogen) atoms. The van der Waals surface area contributed by atoms with E-state index in [9.17, 15) is 4.79 Å². The van der Waals surface area contributed by atoms with Gasteiger partial charge in [0.1, 0.15) is 0 Å². The van der Waals surface area contributed by atoms with Crippen molar-refractivity contribution in [1.29, 1.82) is 0 Å². The van der Waals surface area contributed by atoms with Crippen LogP contribution in [0.1, 0.15) is 51.5 Å². The van der Waals surface area contributed by atoms with Crippen LogP contribution in [-0.4, -0.2) is 22.9 Å². The third kappa shape index (κ3) is 2.65. The summed E-state index contributed by atoms with van der Waals surface area (Å²) in [7, 11) is 0. The van der Waals surface area contributed by atoms with Gasteiger partial charge in [0.15, 0.2) is 0 Å². The van der Waals surface area contributed by atoms with E-state index in [1.807, 2.05) is 23.6 Å². The van der Waals surface area contributed by atoms with Crippen LogP contribution in [0.15, 0.2) is 40.9 Å². The maximum atomic E-state index is 12.6. The molecule has 1 aromatic heterocycles. The fourth-order valence-electron chi connectivity index (χ4n) is 3.37. The topological polar surface area (TPSA) is 61.7 Å². The van der Waals surface area contributed by atoms with Crippen molar-refractivity contribution in [2.75, 3.05) is 0 Å². The van der Waals surface area contributed by atoms with Gasteiger partial charge in [-0.3, -0.25) is 4.79 Å². The fourth-order valence-corrected chi connectivity index (χ4v) is 4.49. The zero-order valence-electron chi connectivity index (χ0n) is 12.7. The molecule has 5 heteroatoms. The second-order valence-electron chi connectivity index (χ2n) is 6.19. The van der Waals surface area contributed by atoms with Crippen LogP contribution in [0.4, 0.5) is 0 Å². The molecule has 0 aliphatic heterocycles. The first-order chi connectivity index (χ1) is 11.3. The van der Waals surface area contributed by atoms with Crippen molar-refractivity contribution in [3.05, 3.63) is 57.3 Å². The first kappa shape index (κ1) is 14.5. The van der Waals surface area contributed by atoms with E-state index in [1.165, 1.54) is 16.9 Å². The van der Waals surface area contributed by atoms with E-state index in [0.29, 0.717) is 11.6 Å². The average Bonchev–Trinajstić information content (AvgIpc) is 3.21. The molecule has 2 aliphatic rings. The standard InChI is InChI=1S/C18H18N2O2S/c21-18(19-16-9-13(16)11-5-2-1-3-6-11)14-10-23-17-12(14)7-4-8-15(17)20-22/h1-3,5-6,10,13,16,22H,4,7-9H2,(H,19,21). The Hall–Kier alpha value is -2.14. The number of fused-ring (bicyclic) bond motifs is 1. The van der Waals surface area contributed by atoms with Crippen molar-refractivity contribution >= 4 is 23.0 Å². The van der Waals surface area contributed by atoms with E-state index < -0.39 is 0 Å². The minimum Gasteiger partial charge on any atom is -0.411 e. The molecule has 0 saturated heterocycles. The van der Waals surface area contributed by atoms with Gasteiger partial charge in [0.25, 0.3) is 5.91 Å². The Labute approximate surface area is 138 Å². The van der Waals surface area contributed by atoms with Gasteiger partial charge in [0.2, 0.25) is 0 Å². The number of hydrogen-bond donors (Lipinski definition) is 2. The predicted molar refractivity (Wildman–Crippen MR) is 90.6 cm³/mol. The van der Waals surface area contributed by atoms with E-state index in [4.69, 9.17) is 5.21 Å². The number of rotatable bonds is 3.